The van der Waals surface area contributed by atoms with Crippen molar-refractivity contribution in [2.45, 2.75) is 31.3 Å². The Morgan fingerprint density at radius 2 is 1.33 bits per heavy atom. The van der Waals surface area contributed by atoms with Crippen molar-refractivity contribution in [3.63, 3.8) is 0 Å². The van der Waals surface area contributed by atoms with Gasteiger partial charge in [0, 0.05) is 13.1 Å². The summed E-state index contributed by atoms with van der Waals surface area (Å²) in [6.07, 6.45) is -0.0660. The molecule has 0 aromatic heterocycles. The number of nitrogens with zero attached hydrogens (tertiary/aromatic N) is 1. The standard InChI is InChI=1S/C19H19N.C6H8O7/c1-20-11-10-18-16-8-4-2-6-14(16)12-15-7-3-5-9-17(15)19(18)13-20;7-3(8)1-6(13,5(11)12)2-4(9)10/h2-9H,10-13H2,1H3;13H,1-2H2,(H,7,8)(H,9,10)(H,11,12). The van der Waals surface area contributed by atoms with Crippen molar-refractivity contribution < 1.29 is 34.8 Å². The highest BCUT2D eigenvalue weighted by Gasteiger charge is 2.40. The summed E-state index contributed by atoms with van der Waals surface area (Å²) in [4.78, 5) is 32.9. The Hall–Kier alpha value is -3.49. The molecule has 0 bridgehead atoms. The van der Waals surface area contributed by atoms with Gasteiger partial charge in [0.1, 0.15) is 0 Å². The predicted molar refractivity (Wildman–Crippen MR) is 122 cm³/mol. The fourth-order valence-electron chi connectivity index (χ4n) is 4.30. The summed E-state index contributed by atoms with van der Waals surface area (Å²) in [5.41, 5.74) is 6.27. The summed E-state index contributed by atoms with van der Waals surface area (Å²) in [5, 5.41) is 33.8. The lowest BCUT2D eigenvalue weighted by molar-refractivity contribution is -0.170. The molecule has 0 radical (unpaired) electrons. The molecule has 174 valence electrons. The highest BCUT2D eigenvalue weighted by Crippen LogP contribution is 2.39. The van der Waals surface area contributed by atoms with E-state index < -0.39 is 36.4 Å². The molecule has 8 heteroatoms. The Kier molecular flexibility index (Phi) is 7.30. The number of hydrogen-bond donors (Lipinski definition) is 4. The monoisotopic (exact) mass is 453 g/mol. The third-order valence-electron chi connectivity index (χ3n) is 5.89. The SMILES string of the molecule is CN1CCC2=C(C1)c1ccccc1Cc1ccccc12.O=C(O)CC(O)(CC(=O)O)C(=O)O. The van der Waals surface area contributed by atoms with Gasteiger partial charge in [-0.25, -0.2) is 4.79 Å². The van der Waals surface area contributed by atoms with Crippen molar-refractivity contribution in [3.05, 3.63) is 70.8 Å². The number of likely N-dealkylation sites (N-methyl/N-ethyl adjacent to an activating group) is 1. The quantitative estimate of drug-likeness (QED) is 0.543. The van der Waals surface area contributed by atoms with E-state index in [1.54, 1.807) is 11.1 Å². The summed E-state index contributed by atoms with van der Waals surface area (Å²) in [6.45, 7) is 2.23. The van der Waals surface area contributed by atoms with Crippen LogP contribution in [0.3, 0.4) is 0 Å². The van der Waals surface area contributed by atoms with Crippen LogP contribution in [0.4, 0.5) is 0 Å². The lowest BCUT2D eigenvalue weighted by atomic mass is 9.89. The van der Waals surface area contributed by atoms with Crippen molar-refractivity contribution in [3.8, 4) is 0 Å². The first-order valence-electron chi connectivity index (χ1n) is 10.6. The summed E-state index contributed by atoms with van der Waals surface area (Å²) in [7, 11) is 2.23. The van der Waals surface area contributed by atoms with Crippen molar-refractivity contribution in [1.82, 2.24) is 4.90 Å². The van der Waals surface area contributed by atoms with Gasteiger partial charge >= 0.3 is 17.9 Å². The molecule has 0 fully saturated rings. The molecule has 0 amide bonds. The fourth-order valence-corrected chi connectivity index (χ4v) is 4.30. The molecular weight excluding hydrogens is 426 g/mol. The average Bonchev–Trinajstić information content (AvgIpc) is 2.87. The normalized spacial score (nSPS) is 15.2. The molecule has 2 aliphatic rings. The van der Waals surface area contributed by atoms with Crippen LogP contribution < -0.4 is 0 Å². The van der Waals surface area contributed by atoms with Gasteiger partial charge in [-0.15, -0.1) is 0 Å². The zero-order valence-electron chi connectivity index (χ0n) is 18.3. The number of rotatable bonds is 5. The molecule has 8 nitrogen and oxygen atoms in total. The minimum atomic E-state index is -2.74. The second kappa shape index (κ2) is 9.97. The summed E-state index contributed by atoms with van der Waals surface area (Å²) in [5.74, 6) is -5.02. The van der Waals surface area contributed by atoms with E-state index in [0.29, 0.717) is 0 Å². The van der Waals surface area contributed by atoms with Crippen molar-refractivity contribution in [2.75, 3.05) is 20.1 Å². The van der Waals surface area contributed by atoms with Gasteiger partial charge in [0.25, 0.3) is 0 Å². The number of hydrogen-bond acceptors (Lipinski definition) is 5. The van der Waals surface area contributed by atoms with E-state index >= 15 is 0 Å². The van der Waals surface area contributed by atoms with E-state index in [1.807, 2.05) is 0 Å². The number of carboxylic acids is 3. The van der Waals surface area contributed by atoms with E-state index in [2.05, 4.69) is 60.5 Å². The van der Waals surface area contributed by atoms with Crippen LogP contribution in [0.5, 0.6) is 0 Å². The van der Waals surface area contributed by atoms with Gasteiger partial charge in [-0.05, 0) is 53.3 Å². The van der Waals surface area contributed by atoms with Crippen LogP contribution >= 0.6 is 0 Å². The topological polar surface area (TPSA) is 135 Å². The molecule has 1 heterocycles. The smallest absolute Gasteiger partial charge is 0.336 e. The van der Waals surface area contributed by atoms with E-state index in [1.165, 1.54) is 22.3 Å². The minimum Gasteiger partial charge on any atom is -0.481 e. The van der Waals surface area contributed by atoms with Gasteiger partial charge in [0.05, 0.1) is 12.8 Å². The summed E-state index contributed by atoms with van der Waals surface area (Å²) < 4.78 is 0. The van der Waals surface area contributed by atoms with Crippen molar-refractivity contribution in [2.24, 2.45) is 0 Å². The van der Waals surface area contributed by atoms with Crippen LogP contribution in [0.15, 0.2) is 48.5 Å². The number of benzene rings is 2. The maximum atomic E-state index is 10.3. The highest BCUT2D eigenvalue weighted by molar-refractivity contribution is 5.95. The Bertz CT molecular complexity index is 1090. The van der Waals surface area contributed by atoms with Gasteiger partial charge in [0.15, 0.2) is 5.60 Å². The number of fused-ring (bicyclic) bond motifs is 4. The van der Waals surface area contributed by atoms with E-state index in [9.17, 15) is 14.4 Å². The molecule has 0 saturated carbocycles. The Labute approximate surface area is 191 Å². The first kappa shape index (κ1) is 24.2. The maximum Gasteiger partial charge on any atom is 0.336 e. The van der Waals surface area contributed by atoms with Crippen LogP contribution in [-0.4, -0.2) is 69.0 Å². The summed E-state index contributed by atoms with van der Waals surface area (Å²) in [6, 6.07) is 17.9. The fraction of sp³-hybridized carbons (Fsp3) is 0.320. The highest BCUT2D eigenvalue weighted by atomic mass is 16.4. The van der Waals surface area contributed by atoms with Gasteiger partial charge < -0.3 is 25.3 Å². The molecule has 0 spiro atoms. The van der Waals surface area contributed by atoms with Crippen molar-refractivity contribution in [1.29, 1.82) is 0 Å². The van der Waals surface area contributed by atoms with Gasteiger partial charge in [-0.3, -0.25) is 9.59 Å². The van der Waals surface area contributed by atoms with Crippen LogP contribution in [0.2, 0.25) is 0 Å². The minimum absolute atomic E-state index is 1.06. The molecule has 0 unspecified atom stereocenters. The second-order valence-corrected chi connectivity index (χ2v) is 8.41. The van der Waals surface area contributed by atoms with Crippen LogP contribution in [0, 0.1) is 0 Å². The van der Waals surface area contributed by atoms with Crippen molar-refractivity contribution >= 4 is 29.1 Å². The van der Waals surface area contributed by atoms with Crippen LogP contribution in [0.25, 0.3) is 11.1 Å². The number of aliphatic carboxylic acids is 3. The Morgan fingerprint density at radius 3 is 1.82 bits per heavy atom. The zero-order valence-corrected chi connectivity index (χ0v) is 18.3. The largest absolute Gasteiger partial charge is 0.481 e. The molecule has 0 atom stereocenters. The molecule has 4 N–H and O–H groups in total. The summed E-state index contributed by atoms with van der Waals surface area (Å²) >= 11 is 0. The molecule has 2 aromatic carbocycles. The van der Waals surface area contributed by atoms with E-state index in [0.717, 1.165) is 25.9 Å². The third-order valence-corrected chi connectivity index (χ3v) is 5.89. The van der Waals surface area contributed by atoms with Crippen LogP contribution in [0.1, 0.15) is 41.5 Å². The van der Waals surface area contributed by atoms with Gasteiger partial charge in [-0.2, -0.15) is 0 Å². The number of carbonyl (C=O) groups is 3. The van der Waals surface area contributed by atoms with Gasteiger partial charge in [-0.1, -0.05) is 48.5 Å². The molecule has 2 aromatic rings. The van der Waals surface area contributed by atoms with E-state index in [-0.39, 0.29) is 0 Å². The average molecular weight is 453 g/mol. The van der Waals surface area contributed by atoms with Gasteiger partial charge in [0.2, 0.25) is 0 Å². The lowest BCUT2D eigenvalue weighted by Gasteiger charge is -2.28. The van der Waals surface area contributed by atoms with Crippen LogP contribution in [-0.2, 0) is 20.8 Å². The second-order valence-electron chi connectivity index (χ2n) is 8.41. The molecule has 1 aliphatic heterocycles. The zero-order chi connectivity index (χ0) is 24.2. The molecule has 0 saturated heterocycles. The van der Waals surface area contributed by atoms with E-state index in [4.69, 9.17) is 20.4 Å². The first-order chi connectivity index (χ1) is 15.6. The third kappa shape index (κ3) is 5.66. The molecule has 4 rings (SSSR count). The molecule has 33 heavy (non-hydrogen) atoms. The number of carboxylic acid groups (broad SMARTS) is 3. The Morgan fingerprint density at radius 1 is 0.848 bits per heavy atom. The maximum absolute atomic E-state index is 10.3. The molecular formula is C25H27NO7. The first-order valence-corrected chi connectivity index (χ1v) is 10.6. The lowest BCUT2D eigenvalue weighted by Crippen LogP contribution is -2.42. The predicted octanol–water partition coefficient (Wildman–Crippen LogP) is 2.59. The molecule has 1 aliphatic carbocycles. The Balaban J connectivity index is 0.000000207. The number of aliphatic hydroxyl groups is 1.